The predicted octanol–water partition coefficient (Wildman–Crippen LogP) is 5.38. The lowest BCUT2D eigenvalue weighted by atomic mass is 10.1. The molecule has 0 radical (unpaired) electrons. The van der Waals surface area contributed by atoms with Crippen molar-refractivity contribution >= 4 is 33.7 Å². The topological polar surface area (TPSA) is 52.1 Å². The van der Waals surface area contributed by atoms with Crippen LogP contribution >= 0.6 is 27.7 Å². The largest absolute Gasteiger partial charge is 0.461 e. The van der Waals surface area contributed by atoms with Crippen molar-refractivity contribution in [1.82, 2.24) is 9.97 Å². The quantitative estimate of drug-likeness (QED) is 0.299. The second kappa shape index (κ2) is 8.96. The molecular weight excluding hydrogens is 412 g/mol. The molecule has 1 heterocycles. The molecule has 0 unspecified atom stereocenters. The number of esters is 1. The van der Waals surface area contributed by atoms with Crippen molar-refractivity contribution < 1.29 is 9.53 Å². The minimum absolute atomic E-state index is 0.273. The number of hydrogen-bond acceptors (Lipinski definition) is 5. The van der Waals surface area contributed by atoms with Gasteiger partial charge in [-0.25, -0.2) is 14.8 Å². The van der Waals surface area contributed by atoms with Gasteiger partial charge in [0.2, 0.25) is 0 Å². The molecular formula is C20H17BrN2O2S. The zero-order valence-corrected chi connectivity index (χ0v) is 16.6. The van der Waals surface area contributed by atoms with Gasteiger partial charge in [0.05, 0.1) is 12.3 Å². The predicted molar refractivity (Wildman–Crippen MR) is 107 cm³/mol. The van der Waals surface area contributed by atoms with Crippen LogP contribution in [0.15, 0.2) is 70.3 Å². The van der Waals surface area contributed by atoms with Crippen molar-refractivity contribution in [3.05, 3.63) is 76.4 Å². The van der Waals surface area contributed by atoms with Crippen LogP contribution in [-0.4, -0.2) is 22.5 Å². The van der Waals surface area contributed by atoms with Gasteiger partial charge in [-0.15, -0.1) is 0 Å². The lowest BCUT2D eigenvalue weighted by Crippen LogP contribution is -2.09. The van der Waals surface area contributed by atoms with Gasteiger partial charge in [0, 0.05) is 15.8 Å². The summed E-state index contributed by atoms with van der Waals surface area (Å²) in [5, 5.41) is 0.553. The summed E-state index contributed by atoms with van der Waals surface area (Å²) in [6.45, 7) is 2.09. The number of carbonyl (C=O) groups excluding carboxylic acids is 1. The Hall–Kier alpha value is -2.18. The highest BCUT2D eigenvalue weighted by Crippen LogP contribution is 2.25. The third-order valence-electron chi connectivity index (χ3n) is 3.54. The highest BCUT2D eigenvalue weighted by Gasteiger charge is 2.14. The first-order chi connectivity index (χ1) is 12.7. The van der Waals surface area contributed by atoms with E-state index in [0.717, 1.165) is 15.8 Å². The molecule has 0 N–H and O–H groups in total. The summed E-state index contributed by atoms with van der Waals surface area (Å²) >= 11 is 4.93. The molecule has 0 spiro atoms. The van der Waals surface area contributed by atoms with E-state index < -0.39 is 5.97 Å². The van der Waals surface area contributed by atoms with Gasteiger partial charge in [0.15, 0.2) is 10.9 Å². The number of benzene rings is 2. The maximum atomic E-state index is 12.2. The van der Waals surface area contributed by atoms with Crippen LogP contribution in [0, 0.1) is 0 Å². The van der Waals surface area contributed by atoms with Crippen LogP contribution in [0.4, 0.5) is 0 Å². The molecule has 6 heteroatoms. The van der Waals surface area contributed by atoms with Gasteiger partial charge in [-0.1, -0.05) is 70.2 Å². The molecule has 3 rings (SSSR count). The van der Waals surface area contributed by atoms with Crippen molar-refractivity contribution in [2.45, 2.75) is 17.8 Å². The third kappa shape index (κ3) is 4.93. The van der Waals surface area contributed by atoms with Crippen LogP contribution in [0.2, 0.25) is 0 Å². The molecule has 0 amide bonds. The molecule has 132 valence electrons. The number of thioether (sulfide) groups is 1. The normalized spacial score (nSPS) is 10.5. The number of halogens is 1. The van der Waals surface area contributed by atoms with Gasteiger partial charge in [0.25, 0.3) is 0 Å². The molecule has 26 heavy (non-hydrogen) atoms. The molecule has 0 aliphatic heterocycles. The molecule has 0 saturated heterocycles. The van der Waals surface area contributed by atoms with Gasteiger partial charge in [-0.3, -0.25) is 0 Å². The van der Waals surface area contributed by atoms with Crippen LogP contribution < -0.4 is 0 Å². The maximum Gasteiger partial charge on any atom is 0.357 e. The Morgan fingerprint density at radius 1 is 1.08 bits per heavy atom. The summed E-state index contributed by atoms with van der Waals surface area (Å²) in [6, 6.07) is 19.6. The number of aromatic nitrogens is 2. The van der Waals surface area contributed by atoms with E-state index in [1.807, 2.05) is 42.5 Å². The smallest absolute Gasteiger partial charge is 0.357 e. The lowest BCUT2D eigenvalue weighted by Gasteiger charge is -2.08. The van der Waals surface area contributed by atoms with E-state index >= 15 is 0 Å². The summed E-state index contributed by atoms with van der Waals surface area (Å²) in [4.78, 5) is 21.2. The van der Waals surface area contributed by atoms with Gasteiger partial charge < -0.3 is 4.74 Å². The first-order valence-corrected chi connectivity index (χ1v) is 9.92. The average molecular weight is 429 g/mol. The van der Waals surface area contributed by atoms with E-state index in [0.29, 0.717) is 17.5 Å². The Bertz CT molecular complexity index is 886. The Morgan fingerprint density at radius 2 is 1.81 bits per heavy atom. The molecule has 4 nitrogen and oxygen atoms in total. The highest BCUT2D eigenvalue weighted by molar-refractivity contribution is 9.10. The number of ether oxygens (including phenoxy) is 1. The molecule has 0 atom stereocenters. The van der Waals surface area contributed by atoms with E-state index in [9.17, 15) is 4.79 Å². The minimum Gasteiger partial charge on any atom is -0.461 e. The second-order valence-electron chi connectivity index (χ2n) is 5.42. The number of rotatable bonds is 6. The SMILES string of the molecule is CCOC(=O)c1cc(-c2ccc(Br)cc2)nc(SCc2ccccc2)n1. The van der Waals surface area contributed by atoms with Crippen LogP contribution in [-0.2, 0) is 10.5 Å². The number of carbonyl (C=O) groups is 1. The fourth-order valence-electron chi connectivity index (χ4n) is 2.29. The summed E-state index contributed by atoms with van der Waals surface area (Å²) < 4.78 is 6.10. The zero-order chi connectivity index (χ0) is 18.4. The lowest BCUT2D eigenvalue weighted by molar-refractivity contribution is 0.0518. The van der Waals surface area contributed by atoms with Gasteiger partial charge >= 0.3 is 5.97 Å². The summed E-state index contributed by atoms with van der Waals surface area (Å²) in [5.74, 6) is 0.294. The summed E-state index contributed by atoms with van der Waals surface area (Å²) in [5.41, 5.74) is 3.07. The Kier molecular flexibility index (Phi) is 6.41. The summed E-state index contributed by atoms with van der Waals surface area (Å²) in [6.07, 6.45) is 0. The molecule has 2 aromatic carbocycles. The van der Waals surface area contributed by atoms with Gasteiger partial charge in [-0.05, 0) is 30.7 Å². The Morgan fingerprint density at radius 3 is 2.50 bits per heavy atom. The van der Waals surface area contributed by atoms with Crippen LogP contribution in [0.5, 0.6) is 0 Å². The maximum absolute atomic E-state index is 12.2. The fourth-order valence-corrected chi connectivity index (χ4v) is 3.37. The second-order valence-corrected chi connectivity index (χ2v) is 7.28. The van der Waals surface area contributed by atoms with Crippen molar-refractivity contribution in [1.29, 1.82) is 0 Å². The Balaban J connectivity index is 1.91. The molecule has 0 aliphatic carbocycles. The van der Waals surface area contributed by atoms with Gasteiger partial charge in [0.1, 0.15) is 0 Å². The van der Waals surface area contributed by atoms with E-state index in [1.165, 1.54) is 17.3 Å². The molecule has 0 fully saturated rings. The number of hydrogen-bond donors (Lipinski definition) is 0. The van der Waals surface area contributed by atoms with Crippen molar-refractivity contribution in [3.8, 4) is 11.3 Å². The fraction of sp³-hybridized carbons (Fsp3) is 0.150. The first-order valence-electron chi connectivity index (χ1n) is 8.14. The first kappa shape index (κ1) is 18.6. The minimum atomic E-state index is -0.435. The van der Waals surface area contributed by atoms with Gasteiger partial charge in [-0.2, -0.15) is 0 Å². The van der Waals surface area contributed by atoms with E-state index in [2.05, 4.69) is 38.0 Å². The highest BCUT2D eigenvalue weighted by atomic mass is 79.9. The van der Waals surface area contributed by atoms with E-state index in [1.54, 1.807) is 13.0 Å². The standard InChI is InChI=1S/C20H17BrN2O2S/c1-2-25-19(24)18-12-17(15-8-10-16(21)11-9-15)22-20(23-18)26-13-14-6-4-3-5-7-14/h3-12H,2,13H2,1H3. The molecule has 0 bridgehead atoms. The van der Waals surface area contributed by atoms with Crippen LogP contribution in [0.1, 0.15) is 23.0 Å². The van der Waals surface area contributed by atoms with Crippen molar-refractivity contribution in [3.63, 3.8) is 0 Å². The third-order valence-corrected chi connectivity index (χ3v) is 4.99. The van der Waals surface area contributed by atoms with Crippen LogP contribution in [0.3, 0.4) is 0 Å². The zero-order valence-electron chi connectivity index (χ0n) is 14.2. The van der Waals surface area contributed by atoms with Crippen molar-refractivity contribution in [2.75, 3.05) is 6.61 Å². The Labute approximate surface area is 165 Å². The molecule has 0 aliphatic rings. The number of nitrogens with zero attached hydrogens (tertiary/aromatic N) is 2. The van der Waals surface area contributed by atoms with E-state index in [4.69, 9.17) is 4.74 Å². The molecule has 1 aromatic heterocycles. The van der Waals surface area contributed by atoms with Crippen LogP contribution in [0.25, 0.3) is 11.3 Å². The molecule has 0 saturated carbocycles. The monoisotopic (exact) mass is 428 g/mol. The van der Waals surface area contributed by atoms with E-state index in [-0.39, 0.29) is 5.69 Å². The average Bonchev–Trinajstić information content (AvgIpc) is 2.68. The summed E-state index contributed by atoms with van der Waals surface area (Å²) in [7, 11) is 0. The van der Waals surface area contributed by atoms with Crippen molar-refractivity contribution in [2.24, 2.45) is 0 Å². The molecule has 3 aromatic rings.